The highest BCUT2D eigenvalue weighted by Gasteiger charge is 2.27. The standard InChI is InChI=1S/C14H21N5O/c1-7-5-11(6-8(2)15-7)19-13-12(9(3)18-19)14(20)17-10(4)16-13/h7-8,11,15H,5-6H2,1-4H3,(H,16,17,20)/t7-,8-/m1/s1. The van der Waals surface area contributed by atoms with Crippen molar-refractivity contribution in [1.82, 2.24) is 25.1 Å². The van der Waals surface area contributed by atoms with E-state index in [2.05, 4.69) is 34.2 Å². The number of hydrogen-bond donors (Lipinski definition) is 2. The summed E-state index contributed by atoms with van der Waals surface area (Å²) in [6.07, 6.45) is 2.02. The van der Waals surface area contributed by atoms with Crippen LogP contribution in [0, 0.1) is 13.8 Å². The molecule has 2 atom stereocenters. The van der Waals surface area contributed by atoms with Crippen LogP contribution in [0.15, 0.2) is 4.79 Å². The van der Waals surface area contributed by atoms with E-state index in [1.54, 1.807) is 6.92 Å². The summed E-state index contributed by atoms with van der Waals surface area (Å²) >= 11 is 0. The first kappa shape index (κ1) is 13.3. The molecule has 0 radical (unpaired) electrons. The van der Waals surface area contributed by atoms with Crippen molar-refractivity contribution in [2.24, 2.45) is 0 Å². The van der Waals surface area contributed by atoms with Gasteiger partial charge in [0.25, 0.3) is 5.56 Å². The molecule has 108 valence electrons. The molecule has 3 heterocycles. The topological polar surface area (TPSA) is 75.6 Å². The van der Waals surface area contributed by atoms with Gasteiger partial charge in [0.05, 0.1) is 11.7 Å². The molecule has 0 bridgehead atoms. The zero-order valence-corrected chi connectivity index (χ0v) is 12.4. The van der Waals surface area contributed by atoms with E-state index in [1.165, 1.54) is 0 Å². The number of aromatic amines is 1. The predicted octanol–water partition coefficient (Wildman–Crippen LogP) is 1.44. The molecule has 2 N–H and O–H groups in total. The third kappa shape index (κ3) is 2.14. The minimum Gasteiger partial charge on any atom is -0.312 e. The van der Waals surface area contributed by atoms with Gasteiger partial charge in [-0.05, 0) is 40.5 Å². The highest BCUT2D eigenvalue weighted by atomic mass is 16.1. The van der Waals surface area contributed by atoms with Gasteiger partial charge in [-0.3, -0.25) is 4.79 Å². The summed E-state index contributed by atoms with van der Waals surface area (Å²) in [7, 11) is 0. The lowest BCUT2D eigenvalue weighted by Crippen LogP contribution is -2.43. The minimum atomic E-state index is -0.0914. The highest BCUT2D eigenvalue weighted by molar-refractivity contribution is 5.77. The Bertz CT molecular complexity index is 691. The van der Waals surface area contributed by atoms with Gasteiger partial charge in [-0.2, -0.15) is 5.10 Å². The SMILES string of the molecule is Cc1nc2c(c(C)nn2C2C[C@@H](C)N[C@H](C)C2)c(=O)[nH]1. The average Bonchev–Trinajstić information content (AvgIpc) is 2.65. The number of aromatic nitrogens is 4. The Morgan fingerprint density at radius 1 is 1.20 bits per heavy atom. The smallest absolute Gasteiger partial charge is 0.262 e. The molecule has 0 aromatic carbocycles. The fraction of sp³-hybridized carbons (Fsp3) is 0.643. The van der Waals surface area contributed by atoms with E-state index in [1.807, 2.05) is 11.6 Å². The quantitative estimate of drug-likeness (QED) is 0.825. The van der Waals surface area contributed by atoms with Crippen molar-refractivity contribution in [2.75, 3.05) is 0 Å². The van der Waals surface area contributed by atoms with Crippen molar-refractivity contribution in [3.63, 3.8) is 0 Å². The summed E-state index contributed by atoms with van der Waals surface area (Å²) in [5.74, 6) is 0.638. The number of aryl methyl sites for hydroxylation is 2. The molecule has 1 fully saturated rings. The van der Waals surface area contributed by atoms with Gasteiger partial charge in [0, 0.05) is 12.1 Å². The van der Waals surface area contributed by atoms with Crippen LogP contribution >= 0.6 is 0 Å². The number of nitrogens with one attached hydrogen (secondary N) is 2. The zero-order chi connectivity index (χ0) is 14.4. The zero-order valence-electron chi connectivity index (χ0n) is 12.4. The normalized spacial score (nSPS) is 27.1. The Balaban J connectivity index is 2.14. The summed E-state index contributed by atoms with van der Waals surface area (Å²) in [4.78, 5) is 19.3. The molecule has 2 aromatic rings. The van der Waals surface area contributed by atoms with Gasteiger partial charge in [0.2, 0.25) is 0 Å². The monoisotopic (exact) mass is 275 g/mol. The Labute approximate surface area is 117 Å². The van der Waals surface area contributed by atoms with E-state index in [4.69, 9.17) is 0 Å². The van der Waals surface area contributed by atoms with E-state index in [0.717, 1.165) is 24.2 Å². The summed E-state index contributed by atoms with van der Waals surface area (Å²) in [5, 5.41) is 8.74. The van der Waals surface area contributed by atoms with Gasteiger partial charge in [0.1, 0.15) is 11.2 Å². The lowest BCUT2D eigenvalue weighted by molar-refractivity contribution is 0.253. The van der Waals surface area contributed by atoms with E-state index >= 15 is 0 Å². The van der Waals surface area contributed by atoms with Crippen LogP contribution in [0.4, 0.5) is 0 Å². The number of nitrogens with zero attached hydrogens (tertiary/aromatic N) is 3. The third-order valence-corrected chi connectivity index (χ3v) is 4.02. The molecule has 0 aliphatic carbocycles. The molecule has 1 saturated heterocycles. The average molecular weight is 275 g/mol. The van der Waals surface area contributed by atoms with Gasteiger partial charge in [-0.25, -0.2) is 9.67 Å². The number of rotatable bonds is 1. The van der Waals surface area contributed by atoms with Crippen LogP contribution in [-0.4, -0.2) is 31.8 Å². The minimum absolute atomic E-state index is 0.0914. The fourth-order valence-electron chi connectivity index (χ4n) is 3.31. The Morgan fingerprint density at radius 2 is 1.85 bits per heavy atom. The second kappa shape index (κ2) is 4.70. The molecule has 0 amide bonds. The second-order valence-electron chi connectivity index (χ2n) is 5.97. The lowest BCUT2D eigenvalue weighted by Gasteiger charge is -2.33. The molecule has 0 spiro atoms. The van der Waals surface area contributed by atoms with Crippen LogP contribution in [0.5, 0.6) is 0 Å². The second-order valence-corrected chi connectivity index (χ2v) is 5.97. The number of piperidine rings is 1. The highest BCUT2D eigenvalue weighted by Crippen LogP contribution is 2.27. The summed E-state index contributed by atoms with van der Waals surface area (Å²) < 4.78 is 1.96. The first-order chi connectivity index (χ1) is 9.45. The summed E-state index contributed by atoms with van der Waals surface area (Å²) in [6.45, 7) is 8.06. The first-order valence-corrected chi connectivity index (χ1v) is 7.17. The maximum Gasteiger partial charge on any atom is 0.262 e. The molecule has 1 aliphatic rings. The lowest BCUT2D eigenvalue weighted by atomic mass is 9.95. The van der Waals surface area contributed by atoms with Crippen LogP contribution in [0.2, 0.25) is 0 Å². The van der Waals surface area contributed by atoms with Crippen molar-refractivity contribution in [2.45, 2.75) is 58.7 Å². The number of H-pyrrole nitrogens is 1. The number of fused-ring (bicyclic) bond motifs is 1. The molecule has 0 saturated carbocycles. The van der Waals surface area contributed by atoms with Crippen LogP contribution in [-0.2, 0) is 0 Å². The maximum atomic E-state index is 12.1. The molecule has 6 nitrogen and oxygen atoms in total. The predicted molar refractivity (Wildman–Crippen MR) is 78.0 cm³/mol. The van der Waals surface area contributed by atoms with Crippen molar-refractivity contribution >= 4 is 11.0 Å². The van der Waals surface area contributed by atoms with E-state index in [-0.39, 0.29) is 5.56 Å². The van der Waals surface area contributed by atoms with Crippen LogP contribution in [0.25, 0.3) is 11.0 Å². The maximum absolute atomic E-state index is 12.1. The van der Waals surface area contributed by atoms with E-state index < -0.39 is 0 Å². The first-order valence-electron chi connectivity index (χ1n) is 7.17. The van der Waals surface area contributed by atoms with Gasteiger partial charge in [0.15, 0.2) is 5.65 Å². The van der Waals surface area contributed by atoms with Crippen LogP contribution in [0.3, 0.4) is 0 Å². The molecule has 3 rings (SSSR count). The largest absolute Gasteiger partial charge is 0.312 e. The Hall–Kier alpha value is -1.69. The molecular weight excluding hydrogens is 254 g/mol. The van der Waals surface area contributed by atoms with Crippen molar-refractivity contribution in [3.8, 4) is 0 Å². The van der Waals surface area contributed by atoms with Crippen molar-refractivity contribution in [3.05, 3.63) is 21.9 Å². The molecule has 0 unspecified atom stereocenters. The van der Waals surface area contributed by atoms with Gasteiger partial charge < -0.3 is 10.3 Å². The Kier molecular flexibility index (Phi) is 3.12. The summed E-state index contributed by atoms with van der Waals surface area (Å²) in [6, 6.07) is 1.20. The molecule has 6 heteroatoms. The molecule has 2 aromatic heterocycles. The van der Waals surface area contributed by atoms with Crippen LogP contribution < -0.4 is 10.9 Å². The summed E-state index contributed by atoms with van der Waals surface area (Å²) in [5.41, 5.74) is 1.38. The fourth-order valence-corrected chi connectivity index (χ4v) is 3.31. The third-order valence-electron chi connectivity index (χ3n) is 4.02. The van der Waals surface area contributed by atoms with E-state index in [9.17, 15) is 4.79 Å². The van der Waals surface area contributed by atoms with Gasteiger partial charge >= 0.3 is 0 Å². The van der Waals surface area contributed by atoms with E-state index in [0.29, 0.717) is 29.3 Å². The van der Waals surface area contributed by atoms with Gasteiger partial charge in [-0.15, -0.1) is 0 Å². The molecule has 1 aliphatic heterocycles. The van der Waals surface area contributed by atoms with Crippen LogP contribution in [0.1, 0.15) is 44.2 Å². The molecular formula is C14H21N5O. The van der Waals surface area contributed by atoms with Crippen molar-refractivity contribution in [1.29, 1.82) is 0 Å². The van der Waals surface area contributed by atoms with Crippen molar-refractivity contribution < 1.29 is 0 Å². The Morgan fingerprint density at radius 3 is 2.50 bits per heavy atom. The number of hydrogen-bond acceptors (Lipinski definition) is 4. The van der Waals surface area contributed by atoms with Gasteiger partial charge in [-0.1, -0.05) is 0 Å². The molecule has 20 heavy (non-hydrogen) atoms.